The van der Waals surface area contributed by atoms with Crippen molar-refractivity contribution in [2.45, 2.75) is 6.42 Å². The number of carbonyl (C=O) groups excluding carboxylic acids is 1. The Morgan fingerprint density at radius 3 is 2.58 bits per heavy atom. The summed E-state index contributed by atoms with van der Waals surface area (Å²) in [5.41, 5.74) is 1.18. The Kier molecular flexibility index (Phi) is 5.23. The van der Waals surface area contributed by atoms with Gasteiger partial charge >= 0.3 is 5.97 Å². The lowest BCUT2D eigenvalue weighted by atomic mass is 10.2. The van der Waals surface area contributed by atoms with Gasteiger partial charge in [0, 0.05) is 5.39 Å². The van der Waals surface area contributed by atoms with Gasteiger partial charge < -0.3 is 14.0 Å². The Morgan fingerprint density at radius 2 is 1.79 bits per heavy atom. The molecule has 0 saturated carbocycles. The molecule has 0 aliphatic rings. The van der Waals surface area contributed by atoms with Crippen molar-refractivity contribution in [3.8, 4) is 5.75 Å². The molecule has 0 radical (unpaired) electrons. The molecule has 5 nitrogen and oxygen atoms in total. The van der Waals surface area contributed by atoms with Crippen molar-refractivity contribution in [2.75, 3.05) is 13.2 Å². The first kappa shape index (κ1) is 16.6. The maximum Gasteiger partial charge on any atom is 0.312 e. The molecule has 7 heteroatoms. The van der Waals surface area contributed by atoms with E-state index in [0.29, 0.717) is 27.1 Å². The number of aromatic nitrogens is 1. The Bertz CT molecular complexity index is 842. The Hall–Kier alpha value is -2.24. The van der Waals surface area contributed by atoms with Gasteiger partial charge in [0.2, 0.25) is 0 Å². The van der Waals surface area contributed by atoms with Crippen LogP contribution in [0.4, 0.5) is 0 Å². The van der Waals surface area contributed by atoms with Crippen molar-refractivity contribution in [1.82, 2.24) is 5.16 Å². The molecular weight excluding hydrogens is 353 g/mol. The standard InChI is InChI=1S/C17H13Cl2NO4/c18-12-5-3-6-13(19)17(12)23-9-8-22-16(21)10-14-11-4-1-2-7-15(11)24-20-14/h1-7H,8-10H2. The van der Waals surface area contributed by atoms with Gasteiger partial charge in [-0.1, -0.05) is 46.6 Å². The summed E-state index contributed by atoms with van der Waals surface area (Å²) in [6.07, 6.45) is 0.0316. The second-order valence-corrected chi connectivity index (χ2v) is 5.74. The average molecular weight is 366 g/mol. The van der Waals surface area contributed by atoms with Crippen molar-refractivity contribution in [2.24, 2.45) is 0 Å². The summed E-state index contributed by atoms with van der Waals surface area (Å²) < 4.78 is 15.7. The van der Waals surface area contributed by atoms with Crippen LogP contribution < -0.4 is 4.74 Å². The van der Waals surface area contributed by atoms with E-state index in [9.17, 15) is 4.79 Å². The fourth-order valence-electron chi connectivity index (χ4n) is 2.17. The smallest absolute Gasteiger partial charge is 0.312 e. The number of nitrogens with zero attached hydrogens (tertiary/aromatic N) is 1. The Labute approximate surface area is 148 Å². The molecule has 0 aliphatic carbocycles. The molecule has 124 valence electrons. The third kappa shape index (κ3) is 3.80. The van der Waals surface area contributed by atoms with Gasteiger partial charge in [-0.2, -0.15) is 0 Å². The summed E-state index contributed by atoms with van der Waals surface area (Å²) in [5.74, 6) is -0.0395. The molecule has 0 fully saturated rings. The van der Waals surface area contributed by atoms with Gasteiger partial charge in [-0.05, 0) is 24.3 Å². The molecule has 1 aromatic heterocycles. The molecule has 0 unspecified atom stereocenters. The van der Waals surface area contributed by atoms with Crippen molar-refractivity contribution < 1.29 is 18.8 Å². The first-order valence-electron chi connectivity index (χ1n) is 7.21. The summed E-state index contributed by atoms with van der Waals surface area (Å²) in [7, 11) is 0. The molecular formula is C17H13Cl2NO4. The van der Waals surface area contributed by atoms with Gasteiger partial charge in [-0.25, -0.2) is 0 Å². The van der Waals surface area contributed by atoms with Crippen molar-refractivity contribution in [3.63, 3.8) is 0 Å². The number of ether oxygens (including phenoxy) is 2. The largest absolute Gasteiger partial charge is 0.487 e. The van der Waals surface area contributed by atoms with Gasteiger partial charge in [0.15, 0.2) is 11.3 Å². The SMILES string of the molecule is O=C(Cc1noc2ccccc12)OCCOc1c(Cl)cccc1Cl. The summed E-state index contributed by atoms with van der Waals surface area (Å²) in [6, 6.07) is 12.4. The van der Waals surface area contributed by atoms with E-state index in [-0.39, 0.29) is 19.6 Å². The average Bonchev–Trinajstić information content (AvgIpc) is 2.97. The number of fused-ring (bicyclic) bond motifs is 1. The minimum absolute atomic E-state index is 0.0316. The lowest BCUT2D eigenvalue weighted by Gasteiger charge is -2.09. The van der Waals surface area contributed by atoms with Crippen LogP contribution in [0.2, 0.25) is 10.0 Å². The molecule has 2 aromatic carbocycles. The van der Waals surface area contributed by atoms with Gasteiger partial charge in [-0.15, -0.1) is 0 Å². The van der Waals surface area contributed by atoms with Crippen LogP contribution in [0.5, 0.6) is 5.75 Å². The first-order chi connectivity index (χ1) is 11.6. The van der Waals surface area contributed by atoms with E-state index in [2.05, 4.69) is 5.16 Å². The molecule has 0 atom stereocenters. The second kappa shape index (κ2) is 7.55. The van der Waals surface area contributed by atoms with Gasteiger partial charge in [-0.3, -0.25) is 4.79 Å². The molecule has 0 amide bonds. The van der Waals surface area contributed by atoms with Crippen LogP contribution in [-0.2, 0) is 16.0 Å². The van der Waals surface area contributed by atoms with Crippen LogP contribution in [0.3, 0.4) is 0 Å². The van der Waals surface area contributed by atoms with Crippen LogP contribution in [0.15, 0.2) is 47.0 Å². The third-order valence-electron chi connectivity index (χ3n) is 3.28. The van der Waals surface area contributed by atoms with E-state index >= 15 is 0 Å². The fourth-order valence-corrected chi connectivity index (χ4v) is 2.68. The highest BCUT2D eigenvalue weighted by Gasteiger charge is 2.13. The fraction of sp³-hybridized carbons (Fsp3) is 0.176. The number of rotatable bonds is 6. The van der Waals surface area contributed by atoms with Crippen molar-refractivity contribution >= 4 is 40.1 Å². The maximum atomic E-state index is 11.9. The molecule has 0 N–H and O–H groups in total. The second-order valence-electron chi connectivity index (χ2n) is 4.92. The van der Waals surface area contributed by atoms with E-state index in [4.69, 9.17) is 37.2 Å². The molecule has 1 heterocycles. The van der Waals surface area contributed by atoms with Crippen molar-refractivity contribution in [3.05, 3.63) is 58.2 Å². The van der Waals surface area contributed by atoms with Gasteiger partial charge in [0.25, 0.3) is 0 Å². The van der Waals surface area contributed by atoms with Crippen LogP contribution in [0, 0.1) is 0 Å². The van der Waals surface area contributed by atoms with Crippen LogP contribution in [0.1, 0.15) is 5.69 Å². The number of carbonyl (C=O) groups is 1. The molecule has 0 aliphatic heterocycles. The number of esters is 1. The normalized spacial score (nSPS) is 10.8. The highest BCUT2D eigenvalue weighted by Crippen LogP contribution is 2.32. The zero-order valence-electron chi connectivity index (χ0n) is 12.5. The molecule has 0 bridgehead atoms. The molecule has 24 heavy (non-hydrogen) atoms. The summed E-state index contributed by atoms with van der Waals surface area (Å²) >= 11 is 12.0. The predicted molar refractivity (Wildman–Crippen MR) is 90.6 cm³/mol. The van der Waals surface area contributed by atoms with E-state index in [1.807, 2.05) is 18.2 Å². The monoisotopic (exact) mass is 365 g/mol. The van der Waals surface area contributed by atoms with E-state index in [1.54, 1.807) is 24.3 Å². The number of halogens is 2. The number of para-hydroxylation sites is 2. The zero-order valence-corrected chi connectivity index (χ0v) is 14.0. The minimum Gasteiger partial charge on any atom is -0.487 e. The molecule has 0 spiro atoms. The Morgan fingerprint density at radius 1 is 1.04 bits per heavy atom. The van der Waals surface area contributed by atoms with Gasteiger partial charge in [0.1, 0.15) is 18.9 Å². The number of benzene rings is 2. The summed E-state index contributed by atoms with van der Waals surface area (Å²) in [6.45, 7) is 0.227. The van der Waals surface area contributed by atoms with Crippen LogP contribution in [0.25, 0.3) is 11.0 Å². The van der Waals surface area contributed by atoms with Gasteiger partial charge in [0.05, 0.1) is 16.5 Å². The lowest BCUT2D eigenvalue weighted by molar-refractivity contribution is -0.143. The van der Waals surface area contributed by atoms with E-state index < -0.39 is 5.97 Å². The molecule has 0 saturated heterocycles. The number of hydrogen-bond acceptors (Lipinski definition) is 5. The molecule has 3 rings (SSSR count). The topological polar surface area (TPSA) is 61.6 Å². The summed E-state index contributed by atoms with van der Waals surface area (Å²) in [4.78, 5) is 11.9. The maximum absolute atomic E-state index is 11.9. The predicted octanol–water partition coefficient (Wildman–Crippen LogP) is 4.30. The molecule has 3 aromatic rings. The van der Waals surface area contributed by atoms with Crippen molar-refractivity contribution in [1.29, 1.82) is 0 Å². The summed E-state index contributed by atoms with van der Waals surface area (Å²) in [5, 5.41) is 5.50. The zero-order chi connectivity index (χ0) is 16.9. The quantitative estimate of drug-likeness (QED) is 0.481. The lowest BCUT2D eigenvalue weighted by Crippen LogP contribution is -2.14. The third-order valence-corrected chi connectivity index (χ3v) is 3.87. The highest BCUT2D eigenvalue weighted by molar-refractivity contribution is 6.37. The number of hydrogen-bond donors (Lipinski definition) is 0. The van der Waals surface area contributed by atoms with Crippen LogP contribution >= 0.6 is 23.2 Å². The van der Waals surface area contributed by atoms with E-state index in [1.165, 1.54) is 0 Å². The highest BCUT2D eigenvalue weighted by atomic mass is 35.5. The van der Waals surface area contributed by atoms with Crippen LogP contribution in [-0.4, -0.2) is 24.3 Å². The Balaban J connectivity index is 1.49. The first-order valence-corrected chi connectivity index (χ1v) is 7.96. The minimum atomic E-state index is -0.414. The van der Waals surface area contributed by atoms with E-state index in [0.717, 1.165) is 5.39 Å².